The third kappa shape index (κ3) is 3.80. The molecule has 0 bridgehead atoms. The molecule has 5 heteroatoms. The minimum Gasteiger partial charge on any atom is -0.507 e. The predicted octanol–water partition coefficient (Wildman–Crippen LogP) is 5.69. The lowest BCUT2D eigenvalue weighted by Gasteiger charge is -2.27. The van der Waals surface area contributed by atoms with Crippen LogP contribution in [0.2, 0.25) is 0 Å². The van der Waals surface area contributed by atoms with Crippen molar-refractivity contribution in [3.63, 3.8) is 0 Å². The number of phenols is 1. The number of aromatic hydroxyl groups is 1. The average molecular weight is 438 g/mol. The van der Waals surface area contributed by atoms with Crippen LogP contribution in [0.5, 0.6) is 5.75 Å². The van der Waals surface area contributed by atoms with Gasteiger partial charge in [-0.3, -0.25) is 9.89 Å². The Kier molecular flexibility index (Phi) is 5.47. The highest BCUT2D eigenvalue weighted by molar-refractivity contribution is 6.00. The second-order valence-corrected chi connectivity index (χ2v) is 8.84. The van der Waals surface area contributed by atoms with E-state index in [1.807, 2.05) is 35.2 Å². The van der Waals surface area contributed by atoms with Crippen LogP contribution in [-0.2, 0) is 6.42 Å². The standard InChI is InChI=1S/C28H27N3O2/c1-18(2)20-12-14-21(15-13-20)27-24-25(22-10-6-7-11-23(22)32)29-30-26(24)28(33)31(27)17-16-19-8-4-3-5-9-19/h3-15,18,27,32H,16-17H2,1-2H3,(H,29,30)/t27-/m0/s1. The molecule has 2 heterocycles. The van der Waals surface area contributed by atoms with Crippen LogP contribution in [0.25, 0.3) is 11.3 Å². The van der Waals surface area contributed by atoms with Crippen LogP contribution < -0.4 is 0 Å². The summed E-state index contributed by atoms with van der Waals surface area (Å²) in [6, 6.07) is 25.6. The maximum Gasteiger partial charge on any atom is 0.273 e. The zero-order valence-electron chi connectivity index (χ0n) is 18.8. The van der Waals surface area contributed by atoms with Crippen molar-refractivity contribution in [3.05, 3.63) is 107 Å². The van der Waals surface area contributed by atoms with Crippen molar-refractivity contribution in [2.75, 3.05) is 6.54 Å². The van der Waals surface area contributed by atoms with Gasteiger partial charge in [-0.1, -0.05) is 80.6 Å². The van der Waals surface area contributed by atoms with Gasteiger partial charge in [0.15, 0.2) is 0 Å². The molecular weight excluding hydrogens is 410 g/mol. The van der Waals surface area contributed by atoms with Crippen LogP contribution in [0.15, 0.2) is 78.9 Å². The number of aromatic nitrogens is 2. The molecule has 5 nitrogen and oxygen atoms in total. The van der Waals surface area contributed by atoms with E-state index in [0.29, 0.717) is 29.4 Å². The van der Waals surface area contributed by atoms with Gasteiger partial charge in [0, 0.05) is 17.7 Å². The normalized spacial score (nSPS) is 15.3. The molecule has 0 spiro atoms. The minimum absolute atomic E-state index is 0.0620. The quantitative estimate of drug-likeness (QED) is 0.407. The van der Waals surface area contributed by atoms with Crippen molar-refractivity contribution < 1.29 is 9.90 Å². The zero-order valence-corrected chi connectivity index (χ0v) is 18.8. The second kappa shape index (κ2) is 8.58. The van der Waals surface area contributed by atoms with Gasteiger partial charge in [0.2, 0.25) is 0 Å². The molecule has 5 rings (SSSR count). The van der Waals surface area contributed by atoms with Crippen molar-refractivity contribution >= 4 is 5.91 Å². The largest absolute Gasteiger partial charge is 0.507 e. The fourth-order valence-electron chi connectivity index (χ4n) is 4.61. The summed E-state index contributed by atoms with van der Waals surface area (Å²) in [5, 5.41) is 17.9. The van der Waals surface area contributed by atoms with E-state index < -0.39 is 0 Å². The lowest BCUT2D eigenvalue weighted by atomic mass is 9.93. The Morgan fingerprint density at radius 3 is 2.36 bits per heavy atom. The summed E-state index contributed by atoms with van der Waals surface area (Å²) in [4.78, 5) is 15.4. The van der Waals surface area contributed by atoms with Crippen LogP contribution in [0.4, 0.5) is 0 Å². The lowest BCUT2D eigenvalue weighted by molar-refractivity contribution is 0.0746. The molecule has 166 valence electrons. The first-order valence-corrected chi connectivity index (χ1v) is 11.4. The first kappa shape index (κ1) is 21.0. The van der Waals surface area contributed by atoms with Crippen molar-refractivity contribution in [2.45, 2.75) is 32.2 Å². The molecule has 2 N–H and O–H groups in total. The summed E-state index contributed by atoms with van der Waals surface area (Å²) in [7, 11) is 0. The van der Waals surface area contributed by atoms with E-state index in [-0.39, 0.29) is 17.7 Å². The van der Waals surface area contributed by atoms with Crippen molar-refractivity contribution in [2.24, 2.45) is 0 Å². The van der Waals surface area contributed by atoms with E-state index >= 15 is 0 Å². The first-order valence-electron chi connectivity index (χ1n) is 11.4. The number of aromatic amines is 1. The molecule has 1 aliphatic rings. The number of hydrogen-bond donors (Lipinski definition) is 2. The molecule has 0 aliphatic carbocycles. The number of hydrogen-bond acceptors (Lipinski definition) is 3. The fraction of sp³-hybridized carbons (Fsp3) is 0.214. The lowest BCUT2D eigenvalue weighted by Crippen LogP contribution is -2.31. The molecule has 33 heavy (non-hydrogen) atoms. The number of benzene rings is 3. The fourth-order valence-corrected chi connectivity index (χ4v) is 4.61. The van der Waals surface area contributed by atoms with E-state index in [1.54, 1.807) is 12.1 Å². The monoisotopic (exact) mass is 437 g/mol. The third-order valence-electron chi connectivity index (χ3n) is 6.43. The number of nitrogens with zero attached hydrogens (tertiary/aromatic N) is 2. The van der Waals surface area contributed by atoms with E-state index in [4.69, 9.17) is 0 Å². The molecular formula is C28H27N3O2. The number of phenolic OH excluding ortho intramolecular Hbond substituents is 1. The van der Waals surface area contributed by atoms with Gasteiger partial charge in [-0.05, 0) is 41.2 Å². The number of carbonyl (C=O) groups is 1. The first-order chi connectivity index (χ1) is 16.0. The molecule has 0 fully saturated rings. The van der Waals surface area contributed by atoms with E-state index in [9.17, 15) is 9.90 Å². The molecule has 0 saturated carbocycles. The van der Waals surface area contributed by atoms with Gasteiger partial charge in [0.05, 0.1) is 6.04 Å². The second-order valence-electron chi connectivity index (χ2n) is 8.84. The summed E-state index contributed by atoms with van der Waals surface area (Å²) in [5.74, 6) is 0.517. The Balaban J connectivity index is 1.59. The molecule has 1 amide bonds. The van der Waals surface area contributed by atoms with Crippen molar-refractivity contribution in [3.8, 4) is 17.0 Å². The Morgan fingerprint density at radius 2 is 1.67 bits per heavy atom. The Labute approximate surface area is 193 Å². The number of nitrogens with one attached hydrogen (secondary N) is 1. The van der Waals surface area contributed by atoms with Gasteiger partial charge in [-0.2, -0.15) is 5.10 Å². The van der Waals surface area contributed by atoms with Crippen LogP contribution in [0, 0.1) is 0 Å². The maximum atomic E-state index is 13.5. The maximum absolute atomic E-state index is 13.5. The third-order valence-corrected chi connectivity index (χ3v) is 6.43. The number of amides is 1. The Bertz CT molecular complexity index is 1280. The van der Waals surface area contributed by atoms with E-state index in [1.165, 1.54) is 11.1 Å². The van der Waals surface area contributed by atoms with Gasteiger partial charge in [0.25, 0.3) is 5.91 Å². The number of rotatable bonds is 6. The SMILES string of the molecule is CC(C)c1ccc([C@H]2c3c(-c4ccccc4O)n[nH]c3C(=O)N2CCc2ccccc2)cc1. The molecule has 1 atom stereocenters. The van der Waals surface area contributed by atoms with Crippen LogP contribution >= 0.6 is 0 Å². The summed E-state index contributed by atoms with van der Waals surface area (Å²) in [6.07, 6.45) is 0.761. The number of fused-ring (bicyclic) bond motifs is 1. The van der Waals surface area contributed by atoms with Gasteiger partial charge >= 0.3 is 0 Å². The molecule has 0 saturated heterocycles. The van der Waals surface area contributed by atoms with Crippen LogP contribution in [0.1, 0.15) is 58.5 Å². The highest BCUT2D eigenvalue weighted by atomic mass is 16.3. The summed E-state index contributed by atoms with van der Waals surface area (Å²) in [5.41, 5.74) is 6.05. The minimum atomic E-state index is -0.272. The molecule has 4 aromatic rings. The Morgan fingerprint density at radius 1 is 0.970 bits per heavy atom. The summed E-state index contributed by atoms with van der Waals surface area (Å²) >= 11 is 0. The molecule has 0 unspecified atom stereocenters. The van der Waals surface area contributed by atoms with Crippen molar-refractivity contribution in [1.82, 2.24) is 15.1 Å². The predicted molar refractivity (Wildman–Crippen MR) is 129 cm³/mol. The molecule has 1 aromatic heterocycles. The molecule has 1 aliphatic heterocycles. The average Bonchev–Trinajstić information content (AvgIpc) is 3.37. The van der Waals surface area contributed by atoms with Crippen molar-refractivity contribution in [1.29, 1.82) is 0 Å². The summed E-state index contributed by atoms with van der Waals surface area (Å²) < 4.78 is 0. The Hall–Kier alpha value is -3.86. The number of carbonyl (C=O) groups excluding carboxylic acids is 1. The van der Waals surface area contributed by atoms with Gasteiger partial charge in [-0.15, -0.1) is 0 Å². The zero-order chi connectivity index (χ0) is 22.9. The topological polar surface area (TPSA) is 69.2 Å². The molecule has 0 radical (unpaired) electrons. The van der Waals surface area contributed by atoms with Crippen LogP contribution in [-0.4, -0.2) is 32.7 Å². The summed E-state index contributed by atoms with van der Waals surface area (Å²) in [6.45, 7) is 4.93. The van der Waals surface area contributed by atoms with Crippen LogP contribution in [0.3, 0.4) is 0 Å². The van der Waals surface area contributed by atoms with E-state index in [2.05, 4.69) is 60.4 Å². The number of H-pyrrole nitrogens is 1. The highest BCUT2D eigenvalue weighted by Crippen LogP contribution is 2.44. The van der Waals surface area contributed by atoms with Gasteiger partial charge < -0.3 is 10.0 Å². The van der Waals surface area contributed by atoms with Gasteiger partial charge in [-0.25, -0.2) is 0 Å². The molecule has 3 aromatic carbocycles. The highest BCUT2D eigenvalue weighted by Gasteiger charge is 2.42. The van der Waals surface area contributed by atoms with E-state index in [0.717, 1.165) is 17.5 Å². The number of para-hydroxylation sites is 1. The smallest absolute Gasteiger partial charge is 0.273 e. The van der Waals surface area contributed by atoms with Gasteiger partial charge in [0.1, 0.15) is 17.1 Å².